The van der Waals surface area contributed by atoms with Gasteiger partial charge in [-0.3, -0.25) is 14.6 Å². The fourth-order valence-corrected chi connectivity index (χ4v) is 3.65. The molecule has 4 rings (SSSR count). The standard InChI is InChI=1S/C23H20N2O3/c1-16-7-2-3-8-18(16)15-25-20-11-5-4-10-19(20)23(28,22(25)27)13-21(26)17-9-6-12-24-14-17/h2-12,14,28H,13,15H2,1H3. The fraction of sp³-hybridized carbons (Fsp3) is 0.174. The summed E-state index contributed by atoms with van der Waals surface area (Å²) in [4.78, 5) is 31.5. The molecule has 140 valence electrons. The number of carbonyl (C=O) groups is 2. The van der Waals surface area contributed by atoms with Crippen LogP contribution in [0.3, 0.4) is 0 Å². The van der Waals surface area contributed by atoms with Gasteiger partial charge in [-0.05, 0) is 36.2 Å². The summed E-state index contributed by atoms with van der Waals surface area (Å²) in [6, 6.07) is 18.2. The van der Waals surface area contributed by atoms with E-state index in [-0.39, 0.29) is 12.2 Å². The quantitative estimate of drug-likeness (QED) is 0.697. The molecule has 1 aromatic heterocycles. The molecule has 1 aliphatic rings. The number of para-hydroxylation sites is 1. The van der Waals surface area contributed by atoms with Gasteiger partial charge in [0.2, 0.25) is 0 Å². The lowest BCUT2D eigenvalue weighted by atomic mass is 9.88. The molecular weight excluding hydrogens is 352 g/mol. The number of nitrogens with zero attached hydrogens (tertiary/aromatic N) is 2. The van der Waals surface area contributed by atoms with Crippen molar-refractivity contribution in [3.8, 4) is 0 Å². The van der Waals surface area contributed by atoms with E-state index in [0.717, 1.165) is 11.1 Å². The van der Waals surface area contributed by atoms with Crippen LogP contribution in [0.15, 0.2) is 73.1 Å². The molecule has 0 saturated carbocycles. The molecule has 0 fully saturated rings. The third-order valence-electron chi connectivity index (χ3n) is 5.23. The highest BCUT2D eigenvalue weighted by molar-refractivity contribution is 6.10. The van der Waals surface area contributed by atoms with Crippen LogP contribution in [-0.2, 0) is 16.9 Å². The lowest BCUT2D eigenvalue weighted by Crippen LogP contribution is -2.41. The van der Waals surface area contributed by atoms with Gasteiger partial charge in [0.1, 0.15) is 0 Å². The van der Waals surface area contributed by atoms with Gasteiger partial charge in [-0.1, -0.05) is 42.5 Å². The van der Waals surface area contributed by atoms with Crippen LogP contribution in [0.4, 0.5) is 5.69 Å². The van der Waals surface area contributed by atoms with Crippen molar-refractivity contribution >= 4 is 17.4 Å². The van der Waals surface area contributed by atoms with Gasteiger partial charge in [0.15, 0.2) is 11.4 Å². The number of Topliss-reactive ketones (excluding diaryl/α,β-unsaturated/α-hetero) is 1. The van der Waals surface area contributed by atoms with Gasteiger partial charge in [0, 0.05) is 23.5 Å². The molecule has 1 aliphatic heterocycles. The highest BCUT2D eigenvalue weighted by atomic mass is 16.3. The van der Waals surface area contributed by atoms with Crippen LogP contribution < -0.4 is 4.90 Å². The Morgan fingerprint density at radius 1 is 1.07 bits per heavy atom. The highest BCUT2D eigenvalue weighted by Gasteiger charge is 2.50. The molecule has 1 unspecified atom stereocenters. The van der Waals surface area contributed by atoms with E-state index in [0.29, 0.717) is 23.4 Å². The lowest BCUT2D eigenvalue weighted by Gasteiger charge is -2.23. The summed E-state index contributed by atoms with van der Waals surface area (Å²) in [5.41, 5.74) is 1.65. The zero-order chi connectivity index (χ0) is 19.7. The second-order valence-electron chi connectivity index (χ2n) is 7.04. The number of aryl methyl sites for hydroxylation is 1. The first-order chi connectivity index (χ1) is 13.5. The van der Waals surface area contributed by atoms with E-state index >= 15 is 0 Å². The third-order valence-corrected chi connectivity index (χ3v) is 5.23. The van der Waals surface area contributed by atoms with Crippen molar-refractivity contribution in [2.45, 2.75) is 25.5 Å². The van der Waals surface area contributed by atoms with E-state index in [1.807, 2.05) is 37.3 Å². The van der Waals surface area contributed by atoms with Crippen LogP contribution in [0.25, 0.3) is 0 Å². The Morgan fingerprint density at radius 3 is 2.57 bits per heavy atom. The van der Waals surface area contributed by atoms with Crippen LogP contribution in [0.5, 0.6) is 0 Å². The predicted molar refractivity (Wildman–Crippen MR) is 106 cm³/mol. The Bertz CT molecular complexity index is 1050. The average molecular weight is 372 g/mol. The number of aliphatic hydroxyl groups is 1. The van der Waals surface area contributed by atoms with Gasteiger partial charge in [-0.25, -0.2) is 0 Å². The number of carbonyl (C=O) groups excluding carboxylic acids is 2. The van der Waals surface area contributed by atoms with Gasteiger partial charge in [-0.2, -0.15) is 0 Å². The molecule has 0 spiro atoms. The second-order valence-corrected chi connectivity index (χ2v) is 7.04. The topological polar surface area (TPSA) is 70.5 Å². The SMILES string of the molecule is Cc1ccccc1CN1C(=O)C(O)(CC(=O)c2cccnc2)c2ccccc21. The second kappa shape index (κ2) is 7.02. The number of ketones is 1. The fourth-order valence-electron chi connectivity index (χ4n) is 3.65. The van der Waals surface area contributed by atoms with Crippen molar-refractivity contribution in [2.75, 3.05) is 4.90 Å². The normalized spacial score (nSPS) is 18.2. The number of benzene rings is 2. The molecular formula is C23H20N2O3. The van der Waals surface area contributed by atoms with Crippen LogP contribution in [0, 0.1) is 6.92 Å². The summed E-state index contributed by atoms with van der Waals surface area (Å²) in [6.07, 6.45) is 2.70. The average Bonchev–Trinajstić information content (AvgIpc) is 2.92. The van der Waals surface area contributed by atoms with Gasteiger partial charge >= 0.3 is 0 Å². The van der Waals surface area contributed by atoms with Gasteiger partial charge in [-0.15, -0.1) is 0 Å². The smallest absolute Gasteiger partial charge is 0.264 e. The zero-order valence-corrected chi connectivity index (χ0v) is 15.5. The first-order valence-corrected chi connectivity index (χ1v) is 9.12. The van der Waals surface area contributed by atoms with Gasteiger partial charge in [0.25, 0.3) is 5.91 Å². The van der Waals surface area contributed by atoms with Gasteiger partial charge < -0.3 is 10.0 Å². The first kappa shape index (κ1) is 18.1. The molecule has 0 bridgehead atoms. The van der Waals surface area contributed by atoms with Crippen LogP contribution in [0.1, 0.15) is 33.5 Å². The molecule has 1 amide bonds. The lowest BCUT2D eigenvalue weighted by molar-refractivity contribution is -0.136. The highest BCUT2D eigenvalue weighted by Crippen LogP contribution is 2.43. The monoisotopic (exact) mass is 372 g/mol. The van der Waals surface area contributed by atoms with Crippen LogP contribution in [-0.4, -0.2) is 21.8 Å². The molecule has 28 heavy (non-hydrogen) atoms. The van der Waals surface area contributed by atoms with Crippen molar-refractivity contribution in [2.24, 2.45) is 0 Å². The molecule has 5 nitrogen and oxygen atoms in total. The molecule has 1 atom stereocenters. The summed E-state index contributed by atoms with van der Waals surface area (Å²) in [7, 11) is 0. The summed E-state index contributed by atoms with van der Waals surface area (Å²) >= 11 is 0. The molecule has 5 heteroatoms. The van der Waals surface area contributed by atoms with Crippen molar-refractivity contribution in [3.05, 3.63) is 95.3 Å². The summed E-state index contributed by atoms with van der Waals surface area (Å²) in [5, 5.41) is 11.3. The van der Waals surface area contributed by atoms with E-state index < -0.39 is 11.5 Å². The van der Waals surface area contributed by atoms with E-state index in [9.17, 15) is 14.7 Å². The minimum Gasteiger partial charge on any atom is -0.375 e. The maximum absolute atomic E-state index is 13.3. The Hall–Kier alpha value is -3.31. The minimum absolute atomic E-state index is 0.321. The number of hydrogen-bond donors (Lipinski definition) is 1. The number of hydrogen-bond acceptors (Lipinski definition) is 4. The third kappa shape index (κ3) is 3.00. The van der Waals surface area contributed by atoms with Crippen LogP contribution >= 0.6 is 0 Å². The maximum atomic E-state index is 13.3. The maximum Gasteiger partial charge on any atom is 0.264 e. The van der Waals surface area contributed by atoms with E-state index in [1.54, 1.807) is 41.4 Å². The molecule has 2 heterocycles. The van der Waals surface area contributed by atoms with Crippen molar-refractivity contribution in [3.63, 3.8) is 0 Å². The Morgan fingerprint density at radius 2 is 1.82 bits per heavy atom. The van der Waals surface area contributed by atoms with E-state index in [1.165, 1.54) is 6.20 Å². The first-order valence-electron chi connectivity index (χ1n) is 9.12. The van der Waals surface area contributed by atoms with E-state index in [2.05, 4.69) is 4.98 Å². The number of rotatable bonds is 5. The number of aromatic nitrogens is 1. The number of anilines is 1. The Kier molecular flexibility index (Phi) is 4.53. The molecule has 0 aliphatic carbocycles. The van der Waals surface area contributed by atoms with Crippen molar-refractivity contribution in [1.82, 2.24) is 4.98 Å². The zero-order valence-electron chi connectivity index (χ0n) is 15.5. The van der Waals surface area contributed by atoms with Gasteiger partial charge in [0.05, 0.1) is 18.7 Å². The number of pyridine rings is 1. The number of fused-ring (bicyclic) bond motifs is 1. The molecule has 0 saturated heterocycles. The van der Waals surface area contributed by atoms with Crippen LogP contribution in [0.2, 0.25) is 0 Å². The summed E-state index contributed by atoms with van der Waals surface area (Å²) in [5.74, 6) is -0.800. The molecule has 2 aromatic carbocycles. The Balaban J connectivity index is 1.70. The molecule has 1 N–H and O–H groups in total. The summed E-state index contributed by atoms with van der Waals surface area (Å²) < 4.78 is 0. The minimum atomic E-state index is -1.88. The van der Waals surface area contributed by atoms with Crippen molar-refractivity contribution < 1.29 is 14.7 Å². The Labute approximate surface area is 163 Å². The molecule has 0 radical (unpaired) electrons. The number of amides is 1. The van der Waals surface area contributed by atoms with Crippen molar-refractivity contribution in [1.29, 1.82) is 0 Å². The largest absolute Gasteiger partial charge is 0.375 e. The molecule has 3 aromatic rings. The summed E-state index contributed by atoms with van der Waals surface area (Å²) in [6.45, 7) is 2.33. The van der Waals surface area contributed by atoms with E-state index in [4.69, 9.17) is 0 Å². The predicted octanol–water partition coefficient (Wildman–Crippen LogP) is 3.40.